The standard InChI is InChI=1S/C14H18N4/c1-2-7-17-8-10-18(11-9-17)14-12-5-3-4-6-13(12)15-16-14/h2-6H,1,7-11H2,(H,15,16). The average molecular weight is 242 g/mol. The monoisotopic (exact) mass is 242 g/mol. The number of benzene rings is 1. The van der Waals surface area contributed by atoms with Gasteiger partial charge in [0, 0.05) is 38.1 Å². The normalized spacial score (nSPS) is 17.2. The zero-order valence-corrected chi connectivity index (χ0v) is 10.5. The summed E-state index contributed by atoms with van der Waals surface area (Å²) >= 11 is 0. The lowest BCUT2D eigenvalue weighted by molar-refractivity contribution is 0.283. The van der Waals surface area contributed by atoms with Crippen molar-refractivity contribution in [2.24, 2.45) is 0 Å². The van der Waals surface area contributed by atoms with Gasteiger partial charge in [-0.3, -0.25) is 10.00 Å². The van der Waals surface area contributed by atoms with E-state index in [9.17, 15) is 0 Å². The van der Waals surface area contributed by atoms with Gasteiger partial charge in [0.15, 0.2) is 5.82 Å². The average Bonchev–Trinajstić information content (AvgIpc) is 2.84. The lowest BCUT2D eigenvalue weighted by Crippen LogP contribution is -2.46. The molecular formula is C14H18N4. The van der Waals surface area contributed by atoms with E-state index in [1.807, 2.05) is 12.1 Å². The fraction of sp³-hybridized carbons (Fsp3) is 0.357. The highest BCUT2D eigenvalue weighted by Gasteiger charge is 2.19. The number of rotatable bonds is 3. The molecule has 2 heterocycles. The highest BCUT2D eigenvalue weighted by atomic mass is 15.3. The van der Waals surface area contributed by atoms with Crippen LogP contribution in [0, 0.1) is 0 Å². The topological polar surface area (TPSA) is 35.2 Å². The molecule has 1 N–H and O–H groups in total. The Hall–Kier alpha value is -1.81. The first-order valence-electron chi connectivity index (χ1n) is 6.40. The minimum absolute atomic E-state index is 0.981. The van der Waals surface area contributed by atoms with Crippen LogP contribution in [0.15, 0.2) is 36.9 Å². The highest BCUT2D eigenvalue weighted by molar-refractivity contribution is 5.90. The molecule has 0 saturated carbocycles. The van der Waals surface area contributed by atoms with Crippen molar-refractivity contribution >= 4 is 16.7 Å². The molecule has 1 aliphatic heterocycles. The fourth-order valence-corrected chi connectivity index (χ4v) is 2.51. The lowest BCUT2D eigenvalue weighted by atomic mass is 10.2. The van der Waals surface area contributed by atoms with E-state index in [1.165, 1.54) is 5.39 Å². The Kier molecular flexibility index (Phi) is 3.02. The first-order chi connectivity index (χ1) is 8.88. The number of hydrogen-bond donors (Lipinski definition) is 1. The molecule has 0 bridgehead atoms. The van der Waals surface area contributed by atoms with Gasteiger partial charge in [-0.25, -0.2) is 0 Å². The van der Waals surface area contributed by atoms with Crippen LogP contribution in [-0.2, 0) is 0 Å². The summed E-state index contributed by atoms with van der Waals surface area (Å²) in [4.78, 5) is 4.77. The zero-order chi connectivity index (χ0) is 12.4. The Morgan fingerprint density at radius 1 is 1.22 bits per heavy atom. The van der Waals surface area contributed by atoms with Crippen LogP contribution in [0.3, 0.4) is 0 Å². The maximum atomic E-state index is 4.45. The molecule has 0 radical (unpaired) electrons. The van der Waals surface area contributed by atoms with Gasteiger partial charge in [0.05, 0.1) is 5.52 Å². The number of aromatic amines is 1. The number of piperazine rings is 1. The Balaban J connectivity index is 1.78. The Morgan fingerprint density at radius 3 is 2.78 bits per heavy atom. The molecule has 2 aromatic rings. The van der Waals surface area contributed by atoms with E-state index in [1.54, 1.807) is 0 Å². The minimum atomic E-state index is 0.981. The third-order valence-electron chi connectivity index (χ3n) is 3.51. The number of H-pyrrole nitrogens is 1. The summed E-state index contributed by atoms with van der Waals surface area (Å²) in [5, 5.41) is 8.77. The van der Waals surface area contributed by atoms with E-state index >= 15 is 0 Å². The molecule has 1 aromatic heterocycles. The SMILES string of the molecule is C=CCN1CCN(c2n[nH]c3ccccc23)CC1. The van der Waals surface area contributed by atoms with Crippen molar-refractivity contribution in [2.45, 2.75) is 0 Å². The number of para-hydroxylation sites is 1. The van der Waals surface area contributed by atoms with E-state index in [4.69, 9.17) is 0 Å². The summed E-state index contributed by atoms with van der Waals surface area (Å²) in [6.07, 6.45) is 1.97. The predicted molar refractivity (Wildman–Crippen MR) is 74.9 cm³/mol. The van der Waals surface area contributed by atoms with Crippen LogP contribution in [-0.4, -0.2) is 47.8 Å². The van der Waals surface area contributed by atoms with Gasteiger partial charge in [-0.15, -0.1) is 6.58 Å². The molecule has 18 heavy (non-hydrogen) atoms. The molecule has 4 heteroatoms. The second-order valence-corrected chi connectivity index (χ2v) is 4.67. The summed E-state index contributed by atoms with van der Waals surface area (Å²) in [5.74, 6) is 1.09. The van der Waals surface area contributed by atoms with Crippen molar-refractivity contribution in [3.8, 4) is 0 Å². The summed E-state index contributed by atoms with van der Waals surface area (Å²) in [6, 6.07) is 8.30. The van der Waals surface area contributed by atoms with Gasteiger partial charge in [0.1, 0.15) is 0 Å². The van der Waals surface area contributed by atoms with Crippen molar-refractivity contribution < 1.29 is 0 Å². The number of nitrogens with zero attached hydrogens (tertiary/aromatic N) is 3. The molecule has 0 atom stereocenters. The molecule has 0 unspecified atom stereocenters. The zero-order valence-electron chi connectivity index (χ0n) is 10.5. The van der Waals surface area contributed by atoms with E-state index in [0.717, 1.165) is 44.1 Å². The molecule has 0 spiro atoms. The van der Waals surface area contributed by atoms with Gasteiger partial charge in [-0.05, 0) is 12.1 Å². The quantitative estimate of drug-likeness (QED) is 0.835. The van der Waals surface area contributed by atoms with Crippen LogP contribution in [0.1, 0.15) is 0 Å². The maximum Gasteiger partial charge on any atom is 0.158 e. The molecule has 3 rings (SSSR count). The molecule has 4 nitrogen and oxygen atoms in total. The van der Waals surface area contributed by atoms with Gasteiger partial charge >= 0.3 is 0 Å². The van der Waals surface area contributed by atoms with Crippen LogP contribution >= 0.6 is 0 Å². The second kappa shape index (κ2) is 4.82. The van der Waals surface area contributed by atoms with Crippen molar-refractivity contribution in [2.75, 3.05) is 37.6 Å². The van der Waals surface area contributed by atoms with E-state index in [0.29, 0.717) is 0 Å². The Bertz CT molecular complexity index is 537. The first kappa shape index (κ1) is 11.3. The molecule has 1 aliphatic rings. The van der Waals surface area contributed by atoms with E-state index in [-0.39, 0.29) is 0 Å². The van der Waals surface area contributed by atoms with Crippen LogP contribution in [0.2, 0.25) is 0 Å². The summed E-state index contributed by atoms with van der Waals surface area (Å²) < 4.78 is 0. The summed E-state index contributed by atoms with van der Waals surface area (Å²) in [5.41, 5.74) is 1.11. The number of anilines is 1. The Morgan fingerprint density at radius 2 is 2.00 bits per heavy atom. The van der Waals surface area contributed by atoms with Gasteiger partial charge in [-0.2, -0.15) is 5.10 Å². The Labute approximate surface area is 107 Å². The molecule has 1 fully saturated rings. The van der Waals surface area contributed by atoms with Gasteiger partial charge in [0.25, 0.3) is 0 Å². The maximum absolute atomic E-state index is 4.45. The molecule has 0 amide bonds. The molecule has 0 aliphatic carbocycles. The van der Waals surface area contributed by atoms with Gasteiger partial charge < -0.3 is 4.90 Å². The van der Waals surface area contributed by atoms with Crippen LogP contribution in [0.4, 0.5) is 5.82 Å². The smallest absolute Gasteiger partial charge is 0.158 e. The van der Waals surface area contributed by atoms with Crippen molar-refractivity contribution in [3.05, 3.63) is 36.9 Å². The molecule has 1 saturated heterocycles. The second-order valence-electron chi connectivity index (χ2n) is 4.67. The van der Waals surface area contributed by atoms with Crippen LogP contribution in [0.25, 0.3) is 10.9 Å². The third-order valence-corrected chi connectivity index (χ3v) is 3.51. The first-order valence-corrected chi connectivity index (χ1v) is 6.40. The third kappa shape index (κ3) is 1.99. The fourth-order valence-electron chi connectivity index (χ4n) is 2.51. The van der Waals surface area contributed by atoms with Crippen LogP contribution in [0.5, 0.6) is 0 Å². The molecule has 94 valence electrons. The van der Waals surface area contributed by atoms with Gasteiger partial charge in [-0.1, -0.05) is 18.2 Å². The molecule has 1 aromatic carbocycles. The van der Waals surface area contributed by atoms with Crippen molar-refractivity contribution in [1.29, 1.82) is 0 Å². The number of hydrogen-bond acceptors (Lipinski definition) is 3. The van der Waals surface area contributed by atoms with Crippen LogP contribution < -0.4 is 4.90 Å². The molecular weight excluding hydrogens is 224 g/mol. The summed E-state index contributed by atoms with van der Waals surface area (Å²) in [6.45, 7) is 8.99. The number of fused-ring (bicyclic) bond motifs is 1. The lowest BCUT2D eigenvalue weighted by Gasteiger charge is -2.34. The number of aromatic nitrogens is 2. The largest absolute Gasteiger partial charge is 0.352 e. The highest BCUT2D eigenvalue weighted by Crippen LogP contribution is 2.24. The van der Waals surface area contributed by atoms with E-state index in [2.05, 4.69) is 44.8 Å². The van der Waals surface area contributed by atoms with Gasteiger partial charge in [0.2, 0.25) is 0 Å². The predicted octanol–water partition coefficient (Wildman–Crippen LogP) is 1.87. The summed E-state index contributed by atoms with van der Waals surface area (Å²) in [7, 11) is 0. The number of nitrogens with one attached hydrogen (secondary N) is 1. The van der Waals surface area contributed by atoms with E-state index < -0.39 is 0 Å². The van der Waals surface area contributed by atoms with Crippen molar-refractivity contribution in [3.63, 3.8) is 0 Å². The minimum Gasteiger partial charge on any atom is -0.352 e. The van der Waals surface area contributed by atoms with Crippen molar-refractivity contribution in [1.82, 2.24) is 15.1 Å².